The van der Waals surface area contributed by atoms with Crippen molar-refractivity contribution in [3.63, 3.8) is 0 Å². The molecule has 3 aromatic rings. The van der Waals surface area contributed by atoms with Gasteiger partial charge in [-0.15, -0.1) is 34.2 Å². The van der Waals surface area contributed by atoms with Crippen LogP contribution in [0, 0.1) is 5.82 Å². The molecule has 0 spiro atoms. The van der Waals surface area contributed by atoms with Crippen molar-refractivity contribution < 1.29 is 9.13 Å². The van der Waals surface area contributed by atoms with Crippen LogP contribution in [0.4, 0.5) is 4.39 Å². The zero-order chi connectivity index (χ0) is 21.2. The molecule has 0 aliphatic carbocycles. The molecule has 0 saturated heterocycles. The van der Waals surface area contributed by atoms with Crippen LogP contribution in [-0.2, 0) is 6.42 Å². The normalized spacial score (nSPS) is 12.3. The van der Waals surface area contributed by atoms with Gasteiger partial charge in [-0.3, -0.25) is 4.40 Å². The smallest absolute Gasteiger partial charge is 0.191 e. The molecule has 0 amide bonds. The van der Waals surface area contributed by atoms with Gasteiger partial charge in [-0.1, -0.05) is 25.1 Å². The summed E-state index contributed by atoms with van der Waals surface area (Å²) in [5.74, 6) is 1.57. The van der Waals surface area contributed by atoms with Crippen LogP contribution >= 0.6 is 24.0 Å². The molecule has 0 aliphatic heterocycles. The van der Waals surface area contributed by atoms with E-state index >= 15 is 0 Å². The van der Waals surface area contributed by atoms with Crippen molar-refractivity contribution in [2.24, 2.45) is 4.99 Å². The van der Waals surface area contributed by atoms with E-state index in [2.05, 4.69) is 25.8 Å². The summed E-state index contributed by atoms with van der Waals surface area (Å²) < 4.78 is 21.6. The minimum Gasteiger partial charge on any atom is -0.485 e. The molecule has 31 heavy (non-hydrogen) atoms. The lowest BCUT2D eigenvalue weighted by Crippen LogP contribution is -2.38. The van der Waals surface area contributed by atoms with Crippen LogP contribution in [0.2, 0.25) is 0 Å². The number of aryl methyl sites for hydroxylation is 1. The summed E-state index contributed by atoms with van der Waals surface area (Å²) in [6, 6.07) is 12.3. The Bertz CT molecular complexity index is 964. The van der Waals surface area contributed by atoms with Crippen molar-refractivity contribution in [1.82, 2.24) is 25.2 Å². The summed E-state index contributed by atoms with van der Waals surface area (Å²) in [5.41, 5.74) is 0.857. The summed E-state index contributed by atoms with van der Waals surface area (Å²) >= 11 is 0. The van der Waals surface area contributed by atoms with E-state index in [1.165, 1.54) is 6.07 Å². The minimum atomic E-state index is -0.356. The number of aromatic nitrogens is 3. The number of benzene rings is 1. The third-order valence-corrected chi connectivity index (χ3v) is 4.64. The Hall–Kier alpha value is -2.43. The lowest BCUT2D eigenvalue weighted by Gasteiger charge is -2.17. The molecule has 2 heterocycles. The average molecular weight is 540 g/mol. The molecular weight excluding hydrogens is 510 g/mol. The van der Waals surface area contributed by atoms with Crippen LogP contribution in [0.15, 0.2) is 53.7 Å². The fourth-order valence-corrected chi connectivity index (χ4v) is 3.02. The van der Waals surface area contributed by atoms with Gasteiger partial charge in [0.1, 0.15) is 11.9 Å². The largest absolute Gasteiger partial charge is 0.485 e. The third kappa shape index (κ3) is 7.34. The average Bonchev–Trinajstić information content (AvgIpc) is 3.18. The van der Waals surface area contributed by atoms with Gasteiger partial charge in [0.2, 0.25) is 0 Å². The van der Waals surface area contributed by atoms with E-state index in [4.69, 9.17) is 4.74 Å². The van der Waals surface area contributed by atoms with Gasteiger partial charge in [0.25, 0.3) is 0 Å². The topological polar surface area (TPSA) is 75.8 Å². The molecule has 0 saturated carbocycles. The van der Waals surface area contributed by atoms with Crippen molar-refractivity contribution in [3.05, 3.63) is 60.3 Å². The highest BCUT2D eigenvalue weighted by molar-refractivity contribution is 14.0. The molecule has 0 fully saturated rings. The number of hydrogen-bond acceptors (Lipinski definition) is 4. The lowest BCUT2D eigenvalue weighted by molar-refractivity contribution is 0.196. The third-order valence-electron chi connectivity index (χ3n) is 4.64. The fourth-order valence-electron chi connectivity index (χ4n) is 3.02. The second-order valence-electron chi connectivity index (χ2n) is 6.87. The van der Waals surface area contributed by atoms with Crippen LogP contribution in [0.25, 0.3) is 5.65 Å². The highest BCUT2D eigenvalue weighted by Gasteiger charge is 2.11. The highest BCUT2D eigenvalue weighted by Crippen LogP contribution is 2.18. The zero-order valence-electron chi connectivity index (χ0n) is 17.9. The van der Waals surface area contributed by atoms with E-state index in [-0.39, 0.29) is 41.6 Å². The molecule has 0 aliphatic rings. The van der Waals surface area contributed by atoms with Gasteiger partial charge >= 0.3 is 0 Å². The first-order valence-electron chi connectivity index (χ1n) is 10.4. The van der Waals surface area contributed by atoms with E-state index in [1.54, 1.807) is 18.2 Å². The zero-order valence-corrected chi connectivity index (χ0v) is 20.3. The molecule has 0 bridgehead atoms. The SMILES string of the molecule is CCNC(=NCC(CC)Oc1ccccc1F)NCCCc1nnc2ccccn12.I. The molecular formula is C22H30FIN6O. The van der Waals surface area contributed by atoms with Gasteiger partial charge < -0.3 is 15.4 Å². The number of nitrogens with one attached hydrogen (secondary N) is 2. The van der Waals surface area contributed by atoms with E-state index in [0.717, 1.165) is 49.8 Å². The first kappa shape index (κ1) is 24.8. The van der Waals surface area contributed by atoms with E-state index < -0.39 is 0 Å². The van der Waals surface area contributed by atoms with Crippen LogP contribution in [0.5, 0.6) is 5.75 Å². The monoisotopic (exact) mass is 540 g/mol. The molecule has 168 valence electrons. The number of fused-ring (bicyclic) bond motifs is 1. The number of rotatable bonds is 10. The molecule has 3 rings (SSSR count). The molecule has 1 unspecified atom stereocenters. The summed E-state index contributed by atoms with van der Waals surface area (Å²) in [4.78, 5) is 4.61. The Labute approximate surface area is 199 Å². The Morgan fingerprint density at radius 3 is 2.71 bits per heavy atom. The second kappa shape index (κ2) is 13.1. The number of guanidine groups is 1. The quantitative estimate of drug-likeness (QED) is 0.177. The number of hydrogen-bond donors (Lipinski definition) is 2. The van der Waals surface area contributed by atoms with Gasteiger partial charge in [0, 0.05) is 25.7 Å². The van der Waals surface area contributed by atoms with Gasteiger partial charge in [-0.05, 0) is 44.0 Å². The molecule has 2 N–H and O–H groups in total. The summed E-state index contributed by atoms with van der Waals surface area (Å²) in [5, 5.41) is 15.0. The number of nitrogens with zero attached hydrogens (tertiary/aromatic N) is 4. The maximum absolute atomic E-state index is 13.8. The number of aliphatic imine (C=N–C) groups is 1. The first-order chi connectivity index (χ1) is 14.7. The van der Waals surface area contributed by atoms with Gasteiger partial charge in [0.15, 0.2) is 23.2 Å². The molecule has 9 heteroatoms. The van der Waals surface area contributed by atoms with Crippen molar-refractivity contribution in [3.8, 4) is 5.75 Å². The highest BCUT2D eigenvalue weighted by atomic mass is 127. The van der Waals surface area contributed by atoms with Crippen molar-refractivity contribution in [2.75, 3.05) is 19.6 Å². The Balaban J connectivity index is 0.00000341. The Morgan fingerprint density at radius 1 is 1.13 bits per heavy atom. The van der Waals surface area contributed by atoms with Gasteiger partial charge in [0.05, 0.1) is 6.54 Å². The van der Waals surface area contributed by atoms with Gasteiger partial charge in [-0.25, -0.2) is 9.38 Å². The molecule has 1 aromatic carbocycles. The predicted molar refractivity (Wildman–Crippen MR) is 132 cm³/mol. The van der Waals surface area contributed by atoms with Crippen molar-refractivity contribution >= 4 is 35.6 Å². The van der Waals surface area contributed by atoms with E-state index in [0.29, 0.717) is 6.54 Å². The molecule has 0 radical (unpaired) electrons. The number of pyridine rings is 1. The summed E-state index contributed by atoms with van der Waals surface area (Å²) in [7, 11) is 0. The van der Waals surface area contributed by atoms with Gasteiger partial charge in [-0.2, -0.15) is 0 Å². The van der Waals surface area contributed by atoms with E-state index in [9.17, 15) is 4.39 Å². The first-order valence-corrected chi connectivity index (χ1v) is 10.4. The predicted octanol–water partition coefficient (Wildman–Crippen LogP) is 3.83. The standard InChI is InChI=1S/C22H29FN6O.HI/c1-3-17(30-19-11-6-5-10-18(19)23)16-26-22(24-4-2)25-14-9-13-21-28-27-20-12-7-8-15-29(20)21;/h5-8,10-12,15,17H,3-4,9,13-14,16H2,1-2H3,(H2,24,25,26);1H. The fraction of sp³-hybridized carbons (Fsp3) is 0.409. The Kier molecular flexibility index (Phi) is 10.5. The van der Waals surface area contributed by atoms with Crippen molar-refractivity contribution in [1.29, 1.82) is 0 Å². The molecule has 2 aromatic heterocycles. The number of para-hydroxylation sites is 1. The van der Waals surface area contributed by atoms with Crippen LogP contribution in [0.1, 0.15) is 32.5 Å². The summed E-state index contributed by atoms with van der Waals surface area (Å²) in [6.45, 7) is 5.97. The maximum Gasteiger partial charge on any atom is 0.191 e. The maximum atomic E-state index is 13.8. The lowest BCUT2D eigenvalue weighted by atomic mass is 10.2. The number of ether oxygens (including phenoxy) is 1. The second-order valence-corrected chi connectivity index (χ2v) is 6.87. The van der Waals surface area contributed by atoms with Crippen LogP contribution in [0.3, 0.4) is 0 Å². The van der Waals surface area contributed by atoms with Crippen LogP contribution in [-0.4, -0.2) is 46.3 Å². The van der Waals surface area contributed by atoms with Crippen molar-refractivity contribution in [2.45, 2.75) is 39.2 Å². The molecule has 7 nitrogen and oxygen atoms in total. The summed E-state index contributed by atoms with van der Waals surface area (Å²) in [6.07, 6.45) is 4.22. The van der Waals surface area contributed by atoms with Crippen LogP contribution < -0.4 is 15.4 Å². The molecule has 1 atom stereocenters. The number of halogens is 2. The van der Waals surface area contributed by atoms with E-state index in [1.807, 2.05) is 42.6 Å². The Morgan fingerprint density at radius 2 is 1.94 bits per heavy atom. The minimum absolute atomic E-state index is 0.